The lowest BCUT2D eigenvalue weighted by Crippen LogP contribution is -2.41. The van der Waals surface area contributed by atoms with Gasteiger partial charge in [0.1, 0.15) is 6.10 Å². The van der Waals surface area contributed by atoms with Crippen LogP contribution >= 0.6 is 0 Å². The molecule has 5 heteroatoms. The molecule has 0 aromatic heterocycles. The van der Waals surface area contributed by atoms with Gasteiger partial charge in [0.25, 0.3) is 5.91 Å². The molecule has 1 heterocycles. The standard InChI is InChI=1S/C10H18N2O3/c1-6(5-14-4)11-10(13)9-7(2)8(3)15-12-9/h6-8H,5H2,1-4H3,(H,11,13)/t6-,7?,8?/m1/s1. The maximum atomic E-state index is 11.7. The number of rotatable bonds is 4. The Morgan fingerprint density at radius 3 is 2.80 bits per heavy atom. The van der Waals surface area contributed by atoms with Crippen molar-refractivity contribution < 1.29 is 14.4 Å². The van der Waals surface area contributed by atoms with E-state index in [2.05, 4.69) is 10.5 Å². The Hall–Kier alpha value is -1.10. The molecule has 0 fully saturated rings. The van der Waals surface area contributed by atoms with Gasteiger partial charge < -0.3 is 14.9 Å². The quantitative estimate of drug-likeness (QED) is 0.743. The van der Waals surface area contributed by atoms with Crippen LogP contribution in [0.5, 0.6) is 0 Å². The number of methoxy groups -OCH3 is 1. The van der Waals surface area contributed by atoms with Gasteiger partial charge in [-0.3, -0.25) is 4.79 Å². The molecule has 15 heavy (non-hydrogen) atoms. The van der Waals surface area contributed by atoms with E-state index in [0.717, 1.165) is 0 Å². The third-order valence-corrected chi connectivity index (χ3v) is 2.48. The van der Waals surface area contributed by atoms with Crippen LogP contribution in [-0.2, 0) is 14.4 Å². The third-order valence-electron chi connectivity index (χ3n) is 2.48. The summed E-state index contributed by atoms with van der Waals surface area (Å²) in [7, 11) is 1.60. The van der Waals surface area contributed by atoms with Crippen LogP contribution in [0.25, 0.3) is 0 Å². The van der Waals surface area contributed by atoms with Crippen LogP contribution in [0.2, 0.25) is 0 Å². The van der Waals surface area contributed by atoms with E-state index < -0.39 is 0 Å². The lowest BCUT2D eigenvalue weighted by molar-refractivity contribution is -0.115. The highest BCUT2D eigenvalue weighted by molar-refractivity contribution is 6.39. The first-order valence-electron chi connectivity index (χ1n) is 5.09. The summed E-state index contributed by atoms with van der Waals surface area (Å²) in [6.45, 7) is 6.19. The predicted octanol–water partition coefficient (Wildman–Crippen LogP) is 0.548. The monoisotopic (exact) mass is 214 g/mol. The maximum absolute atomic E-state index is 11.7. The molecule has 1 aliphatic heterocycles. The Morgan fingerprint density at radius 2 is 2.33 bits per heavy atom. The summed E-state index contributed by atoms with van der Waals surface area (Å²) in [6.07, 6.45) is -0.0246. The Labute approximate surface area is 89.8 Å². The number of nitrogens with zero attached hydrogens (tertiary/aromatic N) is 1. The zero-order valence-corrected chi connectivity index (χ0v) is 9.61. The fourth-order valence-electron chi connectivity index (χ4n) is 1.37. The van der Waals surface area contributed by atoms with Crippen molar-refractivity contribution in [2.45, 2.75) is 32.9 Å². The van der Waals surface area contributed by atoms with Gasteiger partial charge in [0.2, 0.25) is 0 Å². The Morgan fingerprint density at radius 1 is 1.67 bits per heavy atom. The van der Waals surface area contributed by atoms with Crippen molar-refractivity contribution in [3.8, 4) is 0 Å². The number of carbonyl (C=O) groups excluding carboxylic acids is 1. The fraction of sp³-hybridized carbons (Fsp3) is 0.800. The van der Waals surface area contributed by atoms with E-state index in [-0.39, 0.29) is 24.0 Å². The van der Waals surface area contributed by atoms with Crippen molar-refractivity contribution >= 4 is 11.6 Å². The molecule has 2 unspecified atom stereocenters. The number of oxime groups is 1. The SMILES string of the molecule is COC[C@@H](C)NC(=O)C1=NOC(C)C1C. The highest BCUT2D eigenvalue weighted by atomic mass is 16.6. The molecule has 0 aromatic carbocycles. The van der Waals surface area contributed by atoms with Gasteiger partial charge in [-0.2, -0.15) is 0 Å². The van der Waals surface area contributed by atoms with Crippen LogP contribution in [0.4, 0.5) is 0 Å². The molecule has 86 valence electrons. The number of carbonyl (C=O) groups is 1. The molecule has 0 spiro atoms. The van der Waals surface area contributed by atoms with Gasteiger partial charge in [0, 0.05) is 19.1 Å². The first-order chi connectivity index (χ1) is 7.06. The lowest BCUT2D eigenvalue weighted by atomic mass is 10.0. The second-order valence-corrected chi connectivity index (χ2v) is 3.91. The predicted molar refractivity (Wildman–Crippen MR) is 56.6 cm³/mol. The summed E-state index contributed by atoms with van der Waals surface area (Å²) in [5.74, 6) is -0.129. The molecule has 1 N–H and O–H groups in total. The minimum Gasteiger partial charge on any atom is -0.392 e. The molecule has 5 nitrogen and oxygen atoms in total. The summed E-state index contributed by atoms with van der Waals surface area (Å²) < 4.78 is 4.93. The van der Waals surface area contributed by atoms with Crippen molar-refractivity contribution in [2.75, 3.05) is 13.7 Å². The zero-order chi connectivity index (χ0) is 11.4. The number of hydrogen-bond acceptors (Lipinski definition) is 4. The lowest BCUT2D eigenvalue weighted by Gasteiger charge is -2.14. The number of nitrogens with one attached hydrogen (secondary N) is 1. The molecule has 1 aliphatic rings. The summed E-state index contributed by atoms with van der Waals surface area (Å²) in [5.41, 5.74) is 0.463. The smallest absolute Gasteiger partial charge is 0.269 e. The van der Waals surface area contributed by atoms with E-state index in [1.165, 1.54) is 0 Å². The number of ether oxygens (including phenoxy) is 1. The summed E-state index contributed by atoms with van der Waals surface area (Å²) in [5, 5.41) is 6.57. The van der Waals surface area contributed by atoms with Gasteiger partial charge in [-0.05, 0) is 13.8 Å². The van der Waals surface area contributed by atoms with Crippen LogP contribution < -0.4 is 5.32 Å². The second-order valence-electron chi connectivity index (χ2n) is 3.91. The average molecular weight is 214 g/mol. The summed E-state index contributed by atoms with van der Waals surface area (Å²) in [4.78, 5) is 16.7. The number of amides is 1. The van der Waals surface area contributed by atoms with Gasteiger partial charge in [-0.25, -0.2) is 0 Å². The van der Waals surface area contributed by atoms with Crippen molar-refractivity contribution in [3.05, 3.63) is 0 Å². The van der Waals surface area contributed by atoms with E-state index in [4.69, 9.17) is 9.57 Å². The Bertz CT molecular complexity index is 265. The average Bonchev–Trinajstić information content (AvgIpc) is 2.48. The molecule has 1 rings (SSSR count). The van der Waals surface area contributed by atoms with Gasteiger partial charge in [0.05, 0.1) is 6.61 Å². The Balaban J connectivity index is 2.48. The van der Waals surface area contributed by atoms with E-state index >= 15 is 0 Å². The third kappa shape index (κ3) is 2.92. The zero-order valence-electron chi connectivity index (χ0n) is 9.61. The maximum Gasteiger partial charge on any atom is 0.269 e. The molecular formula is C10H18N2O3. The Kier molecular flexibility index (Phi) is 4.08. The molecule has 1 amide bonds. The fourth-order valence-corrected chi connectivity index (χ4v) is 1.37. The van der Waals surface area contributed by atoms with E-state index in [0.29, 0.717) is 12.3 Å². The van der Waals surface area contributed by atoms with Gasteiger partial charge >= 0.3 is 0 Å². The molecule has 3 atom stereocenters. The molecule has 0 radical (unpaired) electrons. The van der Waals surface area contributed by atoms with Gasteiger partial charge in [-0.15, -0.1) is 0 Å². The van der Waals surface area contributed by atoms with E-state index in [1.54, 1.807) is 7.11 Å². The second kappa shape index (κ2) is 5.11. The van der Waals surface area contributed by atoms with Crippen molar-refractivity contribution in [3.63, 3.8) is 0 Å². The minimum absolute atomic E-state index is 0.0201. The molecular weight excluding hydrogens is 196 g/mol. The van der Waals surface area contributed by atoms with Crippen LogP contribution in [0.3, 0.4) is 0 Å². The van der Waals surface area contributed by atoms with E-state index in [9.17, 15) is 4.79 Å². The van der Waals surface area contributed by atoms with Crippen LogP contribution in [0.15, 0.2) is 5.16 Å². The first-order valence-corrected chi connectivity index (χ1v) is 5.09. The normalized spacial score (nSPS) is 26.8. The molecule has 0 saturated heterocycles. The van der Waals surface area contributed by atoms with Crippen molar-refractivity contribution in [1.29, 1.82) is 0 Å². The molecule has 0 aliphatic carbocycles. The van der Waals surface area contributed by atoms with Crippen LogP contribution in [-0.4, -0.2) is 37.5 Å². The highest BCUT2D eigenvalue weighted by Gasteiger charge is 2.31. The van der Waals surface area contributed by atoms with Crippen LogP contribution in [0.1, 0.15) is 20.8 Å². The minimum atomic E-state index is -0.170. The summed E-state index contributed by atoms with van der Waals surface area (Å²) >= 11 is 0. The topological polar surface area (TPSA) is 59.9 Å². The molecule has 0 bridgehead atoms. The largest absolute Gasteiger partial charge is 0.392 e. The van der Waals surface area contributed by atoms with Gasteiger partial charge in [-0.1, -0.05) is 12.1 Å². The highest BCUT2D eigenvalue weighted by Crippen LogP contribution is 2.17. The number of hydrogen-bond donors (Lipinski definition) is 1. The molecule has 0 aromatic rings. The van der Waals surface area contributed by atoms with Crippen molar-refractivity contribution in [1.82, 2.24) is 5.32 Å². The van der Waals surface area contributed by atoms with E-state index in [1.807, 2.05) is 20.8 Å². The molecule has 0 saturated carbocycles. The first kappa shape index (κ1) is 12.0. The van der Waals surface area contributed by atoms with Crippen molar-refractivity contribution in [2.24, 2.45) is 11.1 Å². The summed E-state index contributed by atoms with van der Waals surface area (Å²) in [6, 6.07) is -0.0201. The van der Waals surface area contributed by atoms with Gasteiger partial charge in [0.15, 0.2) is 5.71 Å². The van der Waals surface area contributed by atoms with Crippen LogP contribution in [0, 0.1) is 5.92 Å².